The molecule has 3 rings (SSSR count). The molecule has 0 aliphatic carbocycles. The molecular formula is C20H12ClF2N5O2S. The van der Waals surface area contributed by atoms with Crippen molar-refractivity contribution in [1.82, 2.24) is 15.0 Å². The summed E-state index contributed by atoms with van der Waals surface area (Å²) >= 11 is 7.42. The first-order chi connectivity index (χ1) is 14.9. The topological polar surface area (TPSA) is 116 Å². The van der Waals surface area contributed by atoms with E-state index in [2.05, 4.69) is 19.7 Å². The van der Waals surface area contributed by atoms with Crippen molar-refractivity contribution >= 4 is 23.4 Å². The number of aliphatic hydroxyl groups is 1. The fraction of sp³-hybridized carbons (Fsp3) is 0.150. The predicted molar refractivity (Wildman–Crippen MR) is 108 cm³/mol. The molecule has 0 unspecified atom stereocenters. The zero-order valence-electron chi connectivity index (χ0n) is 15.6. The number of ether oxygens (including phenoxy) is 1. The molecule has 156 valence electrons. The van der Waals surface area contributed by atoms with Gasteiger partial charge in [0.2, 0.25) is 0 Å². The molecule has 31 heavy (non-hydrogen) atoms. The number of rotatable bonds is 7. The summed E-state index contributed by atoms with van der Waals surface area (Å²) in [4.78, 5) is 12.2. The molecule has 0 aliphatic rings. The third-order valence-corrected chi connectivity index (χ3v) is 5.21. The summed E-state index contributed by atoms with van der Waals surface area (Å²) in [6.07, 6.45) is 0.542. The molecule has 0 spiro atoms. The average molecular weight is 460 g/mol. The first-order valence-electron chi connectivity index (χ1n) is 8.58. The first-order valence-corrected chi connectivity index (χ1v) is 9.94. The third kappa shape index (κ3) is 5.25. The zero-order chi connectivity index (χ0) is 22.4. The van der Waals surface area contributed by atoms with E-state index in [9.17, 15) is 19.3 Å². The van der Waals surface area contributed by atoms with Crippen LogP contribution in [0.2, 0.25) is 5.15 Å². The summed E-state index contributed by atoms with van der Waals surface area (Å²) in [6.45, 7) is -1.50. The highest BCUT2D eigenvalue weighted by Crippen LogP contribution is 2.37. The van der Waals surface area contributed by atoms with Crippen LogP contribution in [0.4, 0.5) is 8.78 Å². The van der Waals surface area contributed by atoms with Crippen molar-refractivity contribution < 1.29 is 18.6 Å². The van der Waals surface area contributed by atoms with Gasteiger partial charge in [-0.3, -0.25) is 9.97 Å². The van der Waals surface area contributed by atoms with E-state index >= 15 is 0 Å². The molecule has 0 aromatic carbocycles. The van der Waals surface area contributed by atoms with Gasteiger partial charge in [0.1, 0.15) is 40.2 Å². The number of halogens is 3. The Morgan fingerprint density at radius 3 is 2.52 bits per heavy atom. The number of pyridine rings is 3. The molecule has 0 bridgehead atoms. The van der Waals surface area contributed by atoms with Crippen LogP contribution < -0.4 is 4.74 Å². The zero-order valence-corrected chi connectivity index (χ0v) is 17.2. The van der Waals surface area contributed by atoms with Crippen molar-refractivity contribution in [2.24, 2.45) is 0 Å². The average Bonchev–Trinajstić information content (AvgIpc) is 2.78. The normalized spacial score (nSPS) is 10.9. The van der Waals surface area contributed by atoms with Crippen LogP contribution in [0, 0.1) is 22.7 Å². The van der Waals surface area contributed by atoms with Crippen molar-refractivity contribution in [2.45, 2.75) is 16.9 Å². The minimum Gasteiger partial charge on any atom is -0.429 e. The molecule has 0 atom stereocenters. The number of thioether (sulfide) groups is 1. The molecule has 3 aromatic heterocycles. The van der Waals surface area contributed by atoms with Crippen LogP contribution in [0.25, 0.3) is 11.3 Å². The van der Waals surface area contributed by atoms with Gasteiger partial charge in [0.25, 0.3) is 0 Å². The van der Waals surface area contributed by atoms with E-state index in [4.69, 9.17) is 16.7 Å². The summed E-state index contributed by atoms with van der Waals surface area (Å²) in [5, 5.41) is 28.1. The number of nitrogens with zero attached hydrogens (tertiary/aromatic N) is 5. The number of aromatic nitrogens is 3. The third-order valence-electron chi connectivity index (χ3n) is 3.89. The van der Waals surface area contributed by atoms with Crippen LogP contribution in [0.15, 0.2) is 47.9 Å². The molecule has 3 aromatic rings. The number of hydrogen-bond acceptors (Lipinski definition) is 8. The largest absolute Gasteiger partial charge is 0.429 e. The van der Waals surface area contributed by atoms with E-state index < -0.39 is 12.7 Å². The van der Waals surface area contributed by atoms with Gasteiger partial charge in [-0.25, -0.2) is 4.98 Å². The van der Waals surface area contributed by atoms with Crippen molar-refractivity contribution in [3.05, 3.63) is 64.7 Å². The Kier molecular flexibility index (Phi) is 6.98. The van der Waals surface area contributed by atoms with E-state index in [-0.39, 0.29) is 33.3 Å². The Morgan fingerprint density at radius 1 is 1.16 bits per heavy atom. The summed E-state index contributed by atoms with van der Waals surface area (Å²) in [5.41, 5.74) is 1.20. The second-order valence-corrected chi connectivity index (χ2v) is 7.31. The first kappa shape index (κ1) is 22.4. The fourth-order valence-corrected chi connectivity index (χ4v) is 3.72. The lowest BCUT2D eigenvalue weighted by atomic mass is 10.0. The Morgan fingerprint density at radius 2 is 1.94 bits per heavy atom. The Labute approximate surface area is 184 Å². The number of aliphatic hydroxyl groups excluding tert-OH is 1. The van der Waals surface area contributed by atoms with Crippen molar-refractivity contribution in [1.29, 1.82) is 10.5 Å². The van der Waals surface area contributed by atoms with Gasteiger partial charge in [0.05, 0.1) is 17.5 Å². The van der Waals surface area contributed by atoms with Crippen molar-refractivity contribution in [3.63, 3.8) is 0 Å². The molecule has 7 nitrogen and oxygen atoms in total. The van der Waals surface area contributed by atoms with Gasteiger partial charge in [-0.2, -0.15) is 19.3 Å². The van der Waals surface area contributed by atoms with Gasteiger partial charge in [-0.15, -0.1) is 11.8 Å². The summed E-state index contributed by atoms with van der Waals surface area (Å²) in [5.74, 6) is 0.152. The molecule has 0 amide bonds. The second-order valence-electron chi connectivity index (χ2n) is 5.98. The highest BCUT2D eigenvalue weighted by molar-refractivity contribution is 7.98. The van der Waals surface area contributed by atoms with E-state index in [0.717, 1.165) is 11.8 Å². The van der Waals surface area contributed by atoms with Crippen LogP contribution in [0.3, 0.4) is 0 Å². The summed E-state index contributed by atoms with van der Waals surface area (Å²) in [6, 6.07) is 10.1. The quantitative estimate of drug-likeness (QED) is 0.413. The summed E-state index contributed by atoms with van der Waals surface area (Å²) < 4.78 is 30.8. The fourth-order valence-electron chi connectivity index (χ4n) is 2.53. The van der Waals surface area contributed by atoms with Crippen LogP contribution >= 0.6 is 23.4 Å². The van der Waals surface area contributed by atoms with Crippen molar-refractivity contribution in [2.75, 3.05) is 6.61 Å². The van der Waals surface area contributed by atoms with Gasteiger partial charge in [-0.05, 0) is 23.8 Å². The van der Waals surface area contributed by atoms with Gasteiger partial charge >= 0.3 is 6.11 Å². The SMILES string of the molecule is N#Cc1c(Cl)nc(SCc2cccnc2)c(C#N)c1-c1ccc(OC(F)(F)CO)cn1. The predicted octanol–water partition coefficient (Wildman–Crippen LogP) is 4.19. The minimum absolute atomic E-state index is 0.0641. The second kappa shape index (κ2) is 9.67. The molecule has 0 aliphatic heterocycles. The van der Waals surface area contributed by atoms with Gasteiger partial charge in [0, 0.05) is 23.7 Å². The number of nitriles is 2. The Bertz CT molecular complexity index is 1170. The monoisotopic (exact) mass is 459 g/mol. The highest BCUT2D eigenvalue weighted by atomic mass is 35.5. The lowest BCUT2D eigenvalue weighted by Gasteiger charge is -2.15. The van der Waals surface area contributed by atoms with Gasteiger partial charge in [0.15, 0.2) is 0 Å². The van der Waals surface area contributed by atoms with Crippen LogP contribution in [0.5, 0.6) is 5.75 Å². The molecule has 3 heterocycles. The molecular weight excluding hydrogens is 448 g/mol. The maximum Gasteiger partial charge on any atom is 0.421 e. The van der Waals surface area contributed by atoms with E-state index in [1.165, 1.54) is 23.9 Å². The van der Waals surface area contributed by atoms with Crippen LogP contribution in [-0.4, -0.2) is 32.8 Å². The Balaban J connectivity index is 2.01. The van der Waals surface area contributed by atoms with Gasteiger partial charge in [-0.1, -0.05) is 17.7 Å². The van der Waals surface area contributed by atoms with Crippen LogP contribution in [0.1, 0.15) is 16.7 Å². The Hall–Kier alpha value is -3.31. The maximum absolute atomic E-state index is 13.2. The van der Waals surface area contributed by atoms with Crippen LogP contribution in [-0.2, 0) is 5.75 Å². The smallest absolute Gasteiger partial charge is 0.421 e. The highest BCUT2D eigenvalue weighted by Gasteiger charge is 2.30. The standard InChI is InChI=1S/C20H12ClF2N5O2S/c21-18-14(6-24)17(16-4-3-13(9-27-16)30-20(22,23)11-29)15(7-25)19(28-18)31-10-12-2-1-5-26-8-12/h1-5,8-9,29H,10-11H2. The molecule has 0 fully saturated rings. The molecule has 11 heteroatoms. The lowest BCUT2D eigenvalue weighted by Crippen LogP contribution is -2.29. The van der Waals surface area contributed by atoms with E-state index in [1.807, 2.05) is 18.2 Å². The summed E-state index contributed by atoms with van der Waals surface area (Å²) in [7, 11) is 0. The number of hydrogen-bond donors (Lipinski definition) is 1. The molecule has 0 saturated heterocycles. The van der Waals surface area contributed by atoms with E-state index in [0.29, 0.717) is 10.8 Å². The molecule has 0 radical (unpaired) electrons. The lowest BCUT2D eigenvalue weighted by molar-refractivity contribution is -0.201. The van der Waals surface area contributed by atoms with Crippen molar-refractivity contribution in [3.8, 4) is 29.1 Å². The molecule has 0 saturated carbocycles. The van der Waals surface area contributed by atoms with Gasteiger partial charge < -0.3 is 9.84 Å². The molecule has 1 N–H and O–H groups in total. The minimum atomic E-state index is -3.77. The van der Waals surface area contributed by atoms with E-state index in [1.54, 1.807) is 18.5 Å². The maximum atomic E-state index is 13.2. The number of alkyl halides is 2.